The van der Waals surface area contributed by atoms with Gasteiger partial charge in [-0.1, -0.05) is 0 Å². The monoisotopic (exact) mass is 408 g/mol. The first kappa shape index (κ1) is 20.8. The molecule has 3 fully saturated rings. The fourth-order valence-electron chi connectivity index (χ4n) is 4.47. The molecule has 4 heterocycles. The van der Waals surface area contributed by atoms with E-state index in [0.29, 0.717) is 13.1 Å². The van der Waals surface area contributed by atoms with Crippen LogP contribution in [0.3, 0.4) is 0 Å². The molecule has 1 spiro atoms. The lowest BCUT2D eigenvalue weighted by atomic mass is 9.76. The number of amides is 1. The zero-order chi connectivity index (χ0) is 20.1. The summed E-state index contributed by atoms with van der Waals surface area (Å²) in [6, 6.07) is 1.99. The van der Waals surface area contributed by atoms with E-state index in [1.807, 2.05) is 23.3 Å². The lowest BCUT2D eigenvalue weighted by Crippen LogP contribution is -2.45. The number of hydrogen-bond acceptors (Lipinski definition) is 6. The molecule has 0 aromatic carbocycles. The van der Waals surface area contributed by atoms with E-state index in [9.17, 15) is 9.59 Å². The highest BCUT2D eigenvalue weighted by molar-refractivity contribution is 7.12. The SMILES string of the molecule is Cc1ccsc1C(=O)N1CCC2(CC1)CC(CN1CCCC1)OC2=O.O=CO. The molecule has 1 aromatic heterocycles. The molecule has 1 unspecified atom stereocenters. The largest absolute Gasteiger partial charge is 0.483 e. The molecule has 0 bridgehead atoms. The molecule has 1 atom stereocenters. The second-order valence-electron chi connectivity index (χ2n) is 7.85. The van der Waals surface area contributed by atoms with Gasteiger partial charge >= 0.3 is 5.97 Å². The Bertz CT molecular complexity index is 705. The van der Waals surface area contributed by atoms with Gasteiger partial charge in [0.1, 0.15) is 6.10 Å². The Hall–Kier alpha value is -1.93. The predicted molar refractivity (Wildman–Crippen MR) is 105 cm³/mol. The molecule has 3 aliphatic heterocycles. The number of cyclic esters (lactones) is 1. The average molecular weight is 409 g/mol. The van der Waals surface area contributed by atoms with E-state index >= 15 is 0 Å². The minimum Gasteiger partial charge on any atom is -0.483 e. The van der Waals surface area contributed by atoms with Crippen LogP contribution in [-0.2, 0) is 14.3 Å². The zero-order valence-electron chi connectivity index (χ0n) is 16.3. The lowest BCUT2D eigenvalue weighted by molar-refractivity contribution is -0.151. The molecule has 3 aliphatic rings. The first-order chi connectivity index (χ1) is 13.5. The number of nitrogens with zero attached hydrogens (tertiary/aromatic N) is 2. The molecular formula is C20H28N2O5S. The van der Waals surface area contributed by atoms with Crippen molar-refractivity contribution in [1.82, 2.24) is 9.80 Å². The van der Waals surface area contributed by atoms with E-state index in [1.54, 1.807) is 0 Å². The summed E-state index contributed by atoms with van der Waals surface area (Å²) in [6.07, 6.45) is 4.84. The fourth-order valence-corrected chi connectivity index (χ4v) is 5.37. The van der Waals surface area contributed by atoms with Gasteiger partial charge in [0.25, 0.3) is 12.4 Å². The molecule has 4 rings (SSSR count). The molecule has 7 nitrogen and oxygen atoms in total. The number of esters is 1. The number of thiophene rings is 1. The van der Waals surface area contributed by atoms with Crippen molar-refractivity contribution in [3.05, 3.63) is 21.9 Å². The molecule has 0 aliphatic carbocycles. The Labute approximate surface area is 169 Å². The van der Waals surface area contributed by atoms with Gasteiger partial charge < -0.3 is 14.7 Å². The van der Waals surface area contributed by atoms with Crippen LogP contribution in [0.15, 0.2) is 11.4 Å². The molecule has 154 valence electrons. The van der Waals surface area contributed by atoms with Gasteiger partial charge in [0.2, 0.25) is 0 Å². The quantitative estimate of drug-likeness (QED) is 0.610. The Morgan fingerprint density at radius 1 is 1.32 bits per heavy atom. The third-order valence-corrected chi connectivity index (χ3v) is 7.05. The number of carboxylic acid groups (broad SMARTS) is 1. The molecule has 28 heavy (non-hydrogen) atoms. The standard InChI is InChI=1S/C19H26N2O3S.CH2O2/c1-14-4-11-25-16(14)17(22)21-9-5-19(6-10-21)12-15(24-18(19)23)13-20-7-2-3-8-20;2-1-3/h4,11,15H,2-3,5-10,12-13H2,1H3;1H,(H,2,3). The van der Waals surface area contributed by atoms with Crippen LogP contribution in [0.1, 0.15) is 47.3 Å². The topological polar surface area (TPSA) is 87.2 Å². The van der Waals surface area contributed by atoms with Gasteiger partial charge in [0.15, 0.2) is 0 Å². The van der Waals surface area contributed by atoms with Crippen molar-refractivity contribution in [2.75, 3.05) is 32.7 Å². The van der Waals surface area contributed by atoms with Crippen molar-refractivity contribution >= 4 is 29.7 Å². The van der Waals surface area contributed by atoms with Gasteiger partial charge in [0, 0.05) is 26.1 Å². The highest BCUT2D eigenvalue weighted by atomic mass is 32.1. The first-order valence-electron chi connectivity index (χ1n) is 9.84. The normalized spacial score (nSPS) is 24.0. The summed E-state index contributed by atoms with van der Waals surface area (Å²) in [5.41, 5.74) is 0.687. The molecular weight excluding hydrogens is 380 g/mol. The third-order valence-electron chi connectivity index (χ3n) is 6.05. The maximum Gasteiger partial charge on any atom is 0.312 e. The smallest absolute Gasteiger partial charge is 0.312 e. The highest BCUT2D eigenvalue weighted by Crippen LogP contribution is 2.43. The lowest BCUT2D eigenvalue weighted by Gasteiger charge is -2.36. The van der Waals surface area contributed by atoms with Crippen molar-refractivity contribution < 1.29 is 24.2 Å². The maximum atomic E-state index is 12.7. The fraction of sp³-hybridized carbons (Fsp3) is 0.650. The van der Waals surface area contributed by atoms with Crippen LogP contribution in [0.25, 0.3) is 0 Å². The Kier molecular flexibility index (Phi) is 6.72. The van der Waals surface area contributed by atoms with Crippen LogP contribution in [0.4, 0.5) is 0 Å². The van der Waals surface area contributed by atoms with Gasteiger partial charge in [-0.2, -0.15) is 0 Å². The van der Waals surface area contributed by atoms with Crippen molar-refractivity contribution in [1.29, 1.82) is 0 Å². The zero-order valence-corrected chi connectivity index (χ0v) is 17.1. The van der Waals surface area contributed by atoms with Crippen LogP contribution in [-0.4, -0.2) is 72.1 Å². The van der Waals surface area contributed by atoms with E-state index in [0.717, 1.165) is 49.3 Å². The van der Waals surface area contributed by atoms with Crippen LogP contribution in [0.2, 0.25) is 0 Å². The van der Waals surface area contributed by atoms with Crippen LogP contribution >= 0.6 is 11.3 Å². The van der Waals surface area contributed by atoms with Gasteiger partial charge in [-0.15, -0.1) is 11.3 Å². The van der Waals surface area contributed by atoms with Gasteiger partial charge in [0.05, 0.1) is 10.3 Å². The maximum absolute atomic E-state index is 12.7. The van der Waals surface area contributed by atoms with Crippen LogP contribution < -0.4 is 0 Å². The van der Waals surface area contributed by atoms with E-state index in [4.69, 9.17) is 14.6 Å². The summed E-state index contributed by atoms with van der Waals surface area (Å²) in [6.45, 7) is 6.17. The highest BCUT2D eigenvalue weighted by Gasteiger charge is 2.51. The van der Waals surface area contributed by atoms with Crippen molar-refractivity contribution in [3.63, 3.8) is 0 Å². The Morgan fingerprint density at radius 2 is 1.96 bits per heavy atom. The number of rotatable bonds is 3. The molecule has 1 N–H and O–H groups in total. The Morgan fingerprint density at radius 3 is 2.54 bits per heavy atom. The van der Waals surface area contributed by atoms with Crippen molar-refractivity contribution in [3.8, 4) is 0 Å². The number of hydrogen-bond donors (Lipinski definition) is 1. The van der Waals surface area contributed by atoms with Crippen molar-refractivity contribution in [2.24, 2.45) is 5.41 Å². The average Bonchev–Trinajstić information content (AvgIpc) is 3.39. The van der Waals surface area contributed by atoms with Gasteiger partial charge in [-0.05, 0) is 62.7 Å². The summed E-state index contributed by atoms with van der Waals surface area (Å²) < 4.78 is 5.72. The van der Waals surface area contributed by atoms with E-state index in [2.05, 4.69) is 4.90 Å². The summed E-state index contributed by atoms with van der Waals surface area (Å²) in [4.78, 5) is 38.7. The van der Waals surface area contributed by atoms with E-state index < -0.39 is 0 Å². The number of aryl methyl sites for hydroxylation is 1. The third kappa shape index (κ3) is 4.38. The number of carbonyl (C=O) groups excluding carboxylic acids is 2. The second-order valence-corrected chi connectivity index (χ2v) is 8.77. The minimum atomic E-state index is -0.355. The summed E-state index contributed by atoms with van der Waals surface area (Å²) in [5.74, 6) is 0.0819. The summed E-state index contributed by atoms with van der Waals surface area (Å²) in [7, 11) is 0. The molecule has 1 amide bonds. The molecule has 3 saturated heterocycles. The number of likely N-dealkylation sites (tertiary alicyclic amines) is 2. The van der Waals surface area contributed by atoms with Crippen LogP contribution in [0.5, 0.6) is 0 Å². The molecule has 0 radical (unpaired) electrons. The van der Waals surface area contributed by atoms with Gasteiger partial charge in [-0.3, -0.25) is 19.3 Å². The van der Waals surface area contributed by atoms with Crippen molar-refractivity contribution in [2.45, 2.75) is 45.1 Å². The minimum absolute atomic E-state index is 0.0314. The van der Waals surface area contributed by atoms with E-state index in [-0.39, 0.29) is 29.9 Å². The molecule has 1 aromatic rings. The summed E-state index contributed by atoms with van der Waals surface area (Å²) in [5, 5.41) is 8.85. The molecule has 8 heteroatoms. The van der Waals surface area contributed by atoms with E-state index in [1.165, 1.54) is 24.2 Å². The predicted octanol–water partition coefficient (Wildman–Crippen LogP) is 2.39. The van der Waals surface area contributed by atoms with Crippen LogP contribution in [0, 0.1) is 12.3 Å². The first-order valence-corrected chi connectivity index (χ1v) is 10.7. The second kappa shape index (κ2) is 9.05. The molecule has 0 saturated carbocycles. The summed E-state index contributed by atoms with van der Waals surface area (Å²) >= 11 is 1.51. The Balaban J connectivity index is 0.000000706. The number of carbonyl (C=O) groups is 3. The number of ether oxygens (including phenoxy) is 1. The van der Waals surface area contributed by atoms with Gasteiger partial charge in [-0.25, -0.2) is 0 Å². The number of piperidine rings is 1.